The molecular weight excluding hydrogens is 200 g/mol. The Labute approximate surface area is 98.2 Å². The fourth-order valence-corrected chi connectivity index (χ4v) is 1.59. The lowest BCUT2D eigenvalue weighted by molar-refractivity contribution is 0.277. The number of benzene rings is 1. The van der Waals surface area contributed by atoms with Crippen LogP contribution in [-0.2, 0) is 0 Å². The summed E-state index contributed by atoms with van der Waals surface area (Å²) < 4.78 is 5.64. The Balaban J connectivity index is 2.25. The third-order valence-corrected chi connectivity index (χ3v) is 2.35. The summed E-state index contributed by atoms with van der Waals surface area (Å²) in [4.78, 5) is 2.09. The van der Waals surface area contributed by atoms with Crippen molar-refractivity contribution in [3.8, 4) is 5.75 Å². The molecule has 3 heteroatoms. The average Bonchev–Trinajstić information content (AvgIpc) is 2.16. The summed E-state index contributed by atoms with van der Waals surface area (Å²) in [5, 5.41) is 0. The van der Waals surface area contributed by atoms with Gasteiger partial charge in [-0.15, -0.1) is 0 Å². The van der Waals surface area contributed by atoms with Gasteiger partial charge in [0.25, 0.3) is 0 Å². The molecule has 0 aliphatic carbocycles. The van der Waals surface area contributed by atoms with E-state index in [1.165, 1.54) is 5.56 Å². The van der Waals surface area contributed by atoms with Gasteiger partial charge in [0.1, 0.15) is 5.75 Å². The molecule has 0 heterocycles. The summed E-state index contributed by atoms with van der Waals surface area (Å²) in [5.41, 5.74) is 7.16. The van der Waals surface area contributed by atoms with Gasteiger partial charge in [-0.2, -0.15) is 0 Å². The van der Waals surface area contributed by atoms with Crippen molar-refractivity contribution in [2.45, 2.75) is 19.4 Å². The van der Waals surface area contributed by atoms with Crippen LogP contribution in [0.15, 0.2) is 24.3 Å². The van der Waals surface area contributed by atoms with E-state index in [-0.39, 0.29) is 6.04 Å². The maximum Gasteiger partial charge on any atom is 0.119 e. The Morgan fingerprint density at radius 3 is 2.75 bits per heavy atom. The largest absolute Gasteiger partial charge is 0.494 e. The SMILES string of the molecule is Cc1cccc(OCCC(N)CN(C)C)c1. The molecule has 2 N–H and O–H groups in total. The van der Waals surface area contributed by atoms with Crippen LogP contribution in [-0.4, -0.2) is 38.2 Å². The lowest BCUT2D eigenvalue weighted by atomic mass is 10.2. The lowest BCUT2D eigenvalue weighted by Crippen LogP contribution is -2.34. The lowest BCUT2D eigenvalue weighted by Gasteiger charge is -2.17. The molecule has 0 amide bonds. The Kier molecular flexibility index (Phi) is 5.29. The highest BCUT2D eigenvalue weighted by molar-refractivity contribution is 5.27. The molecule has 0 saturated carbocycles. The molecule has 90 valence electrons. The van der Waals surface area contributed by atoms with Gasteiger partial charge < -0.3 is 15.4 Å². The van der Waals surface area contributed by atoms with E-state index in [4.69, 9.17) is 10.5 Å². The van der Waals surface area contributed by atoms with E-state index in [0.717, 1.165) is 18.7 Å². The first-order chi connectivity index (χ1) is 7.58. The second-order valence-electron chi connectivity index (χ2n) is 4.48. The van der Waals surface area contributed by atoms with Crippen molar-refractivity contribution >= 4 is 0 Å². The van der Waals surface area contributed by atoms with Crippen molar-refractivity contribution in [1.82, 2.24) is 4.90 Å². The molecule has 0 bridgehead atoms. The van der Waals surface area contributed by atoms with E-state index in [9.17, 15) is 0 Å². The molecule has 0 fully saturated rings. The van der Waals surface area contributed by atoms with Crippen molar-refractivity contribution in [3.63, 3.8) is 0 Å². The summed E-state index contributed by atoms with van der Waals surface area (Å²) in [6.07, 6.45) is 0.881. The van der Waals surface area contributed by atoms with Crippen LogP contribution in [0, 0.1) is 6.92 Å². The van der Waals surface area contributed by atoms with Crippen LogP contribution in [0.3, 0.4) is 0 Å². The van der Waals surface area contributed by atoms with Crippen molar-refractivity contribution in [2.24, 2.45) is 5.73 Å². The van der Waals surface area contributed by atoms with Gasteiger partial charge in [0.15, 0.2) is 0 Å². The maximum absolute atomic E-state index is 5.95. The van der Waals surface area contributed by atoms with E-state index >= 15 is 0 Å². The molecule has 0 spiro atoms. The first kappa shape index (κ1) is 13.0. The fourth-order valence-electron chi connectivity index (χ4n) is 1.59. The molecular formula is C13H22N2O. The number of nitrogens with zero attached hydrogens (tertiary/aromatic N) is 1. The zero-order valence-electron chi connectivity index (χ0n) is 10.4. The standard InChI is InChI=1S/C13H22N2O/c1-11-5-4-6-13(9-11)16-8-7-12(14)10-15(2)3/h4-6,9,12H,7-8,10,14H2,1-3H3. The van der Waals surface area contributed by atoms with Gasteiger partial charge in [-0.05, 0) is 45.1 Å². The molecule has 1 aromatic carbocycles. The maximum atomic E-state index is 5.95. The van der Waals surface area contributed by atoms with Crippen LogP contribution in [0.1, 0.15) is 12.0 Å². The van der Waals surface area contributed by atoms with Gasteiger partial charge in [-0.25, -0.2) is 0 Å². The van der Waals surface area contributed by atoms with E-state index in [1.807, 2.05) is 32.3 Å². The molecule has 1 atom stereocenters. The van der Waals surface area contributed by atoms with Crippen molar-refractivity contribution in [1.29, 1.82) is 0 Å². The molecule has 1 rings (SSSR count). The zero-order valence-corrected chi connectivity index (χ0v) is 10.4. The Bertz CT molecular complexity index is 313. The Morgan fingerprint density at radius 1 is 1.38 bits per heavy atom. The highest BCUT2D eigenvalue weighted by Gasteiger charge is 2.04. The molecule has 3 nitrogen and oxygen atoms in total. The quantitative estimate of drug-likeness (QED) is 0.795. The molecule has 0 aromatic heterocycles. The van der Waals surface area contributed by atoms with Crippen LogP contribution < -0.4 is 10.5 Å². The molecule has 0 saturated heterocycles. The van der Waals surface area contributed by atoms with Crippen molar-refractivity contribution < 1.29 is 4.74 Å². The molecule has 1 unspecified atom stereocenters. The van der Waals surface area contributed by atoms with Gasteiger partial charge in [0.2, 0.25) is 0 Å². The van der Waals surface area contributed by atoms with Crippen LogP contribution in [0.25, 0.3) is 0 Å². The predicted octanol–water partition coefficient (Wildman–Crippen LogP) is 1.65. The third-order valence-electron chi connectivity index (χ3n) is 2.35. The third kappa shape index (κ3) is 5.14. The topological polar surface area (TPSA) is 38.5 Å². The smallest absolute Gasteiger partial charge is 0.119 e. The summed E-state index contributed by atoms with van der Waals surface area (Å²) in [7, 11) is 4.06. The number of likely N-dealkylation sites (N-methyl/N-ethyl adjacent to an activating group) is 1. The zero-order chi connectivity index (χ0) is 12.0. The summed E-state index contributed by atoms with van der Waals surface area (Å²) in [6, 6.07) is 8.26. The number of nitrogens with two attached hydrogens (primary N) is 1. The normalized spacial score (nSPS) is 12.8. The van der Waals surface area contributed by atoms with E-state index in [1.54, 1.807) is 0 Å². The van der Waals surface area contributed by atoms with Gasteiger partial charge in [0, 0.05) is 12.6 Å². The monoisotopic (exact) mass is 222 g/mol. The van der Waals surface area contributed by atoms with Gasteiger partial charge in [0.05, 0.1) is 6.61 Å². The highest BCUT2D eigenvalue weighted by Crippen LogP contribution is 2.12. The molecule has 0 aliphatic rings. The number of rotatable bonds is 6. The van der Waals surface area contributed by atoms with Gasteiger partial charge >= 0.3 is 0 Å². The molecule has 1 aromatic rings. The van der Waals surface area contributed by atoms with Crippen molar-refractivity contribution in [2.75, 3.05) is 27.2 Å². The molecule has 0 aliphatic heterocycles. The highest BCUT2D eigenvalue weighted by atomic mass is 16.5. The van der Waals surface area contributed by atoms with E-state index in [2.05, 4.69) is 17.9 Å². The first-order valence-electron chi connectivity index (χ1n) is 5.67. The number of ether oxygens (including phenoxy) is 1. The number of aryl methyl sites for hydroxylation is 1. The van der Waals surface area contributed by atoms with Gasteiger partial charge in [-0.1, -0.05) is 12.1 Å². The van der Waals surface area contributed by atoms with Crippen molar-refractivity contribution in [3.05, 3.63) is 29.8 Å². The summed E-state index contributed by atoms with van der Waals surface area (Å²) >= 11 is 0. The summed E-state index contributed by atoms with van der Waals surface area (Å²) in [6.45, 7) is 3.64. The van der Waals surface area contributed by atoms with Crippen LogP contribution >= 0.6 is 0 Å². The van der Waals surface area contributed by atoms with Crippen LogP contribution in [0.2, 0.25) is 0 Å². The minimum Gasteiger partial charge on any atom is -0.494 e. The van der Waals surface area contributed by atoms with E-state index in [0.29, 0.717) is 6.61 Å². The minimum atomic E-state index is 0.180. The van der Waals surface area contributed by atoms with E-state index < -0.39 is 0 Å². The fraction of sp³-hybridized carbons (Fsp3) is 0.538. The van der Waals surface area contributed by atoms with Crippen LogP contribution in [0.4, 0.5) is 0 Å². The molecule has 16 heavy (non-hydrogen) atoms. The molecule has 0 radical (unpaired) electrons. The summed E-state index contributed by atoms with van der Waals surface area (Å²) in [5.74, 6) is 0.928. The Morgan fingerprint density at radius 2 is 2.12 bits per heavy atom. The average molecular weight is 222 g/mol. The second-order valence-corrected chi connectivity index (χ2v) is 4.48. The Hall–Kier alpha value is -1.06. The second kappa shape index (κ2) is 6.51. The number of hydrogen-bond acceptors (Lipinski definition) is 3. The van der Waals surface area contributed by atoms with Crippen LogP contribution in [0.5, 0.6) is 5.75 Å². The minimum absolute atomic E-state index is 0.180. The first-order valence-corrected chi connectivity index (χ1v) is 5.67. The predicted molar refractivity (Wildman–Crippen MR) is 67.8 cm³/mol. The number of hydrogen-bond donors (Lipinski definition) is 1. The van der Waals surface area contributed by atoms with Gasteiger partial charge in [-0.3, -0.25) is 0 Å².